The summed E-state index contributed by atoms with van der Waals surface area (Å²) in [5.74, 6) is -1.66. The molecular weight excluding hydrogens is 424 g/mol. The van der Waals surface area contributed by atoms with Crippen LogP contribution in [0.3, 0.4) is 0 Å². The summed E-state index contributed by atoms with van der Waals surface area (Å²) in [6.45, 7) is 0.367. The van der Waals surface area contributed by atoms with Crippen molar-refractivity contribution in [1.29, 1.82) is 0 Å². The van der Waals surface area contributed by atoms with Gasteiger partial charge in [-0.25, -0.2) is 4.79 Å². The molecule has 4 rings (SSSR count). The number of benzene rings is 2. The molecule has 4 N–H and O–H groups in total. The molecule has 1 unspecified atom stereocenters. The minimum absolute atomic E-state index is 0.0210. The first-order valence-electron chi connectivity index (χ1n) is 11.1. The van der Waals surface area contributed by atoms with Crippen molar-refractivity contribution in [3.8, 4) is 11.1 Å². The number of carboxylic acid groups (broad SMARTS) is 1. The molecule has 8 heteroatoms. The van der Waals surface area contributed by atoms with Crippen LogP contribution in [-0.4, -0.2) is 54.0 Å². The number of aliphatic hydroxyl groups excluding tert-OH is 1. The van der Waals surface area contributed by atoms with Crippen molar-refractivity contribution in [1.82, 2.24) is 10.6 Å². The number of ether oxygens (including phenoxy) is 1. The van der Waals surface area contributed by atoms with Gasteiger partial charge in [-0.3, -0.25) is 9.59 Å². The van der Waals surface area contributed by atoms with Gasteiger partial charge in [-0.05, 0) is 41.5 Å². The molecule has 33 heavy (non-hydrogen) atoms. The van der Waals surface area contributed by atoms with E-state index in [1.165, 1.54) is 0 Å². The van der Waals surface area contributed by atoms with E-state index in [1.807, 2.05) is 48.5 Å². The molecule has 2 aromatic rings. The third kappa shape index (κ3) is 5.17. The highest BCUT2D eigenvalue weighted by Crippen LogP contribution is 2.45. The molecule has 1 fully saturated rings. The number of carbonyl (C=O) groups excluding carboxylic acids is 2. The van der Waals surface area contributed by atoms with Gasteiger partial charge in [0.1, 0.15) is 12.6 Å². The molecule has 0 heterocycles. The molecule has 2 aliphatic rings. The fourth-order valence-electron chi connectivity index (χ4n) is 4.28. The van der Waals surface area contributed by atoms with Crippen LogP contribution >= 0.6 is 0 Å². The molecule has 2 amide bonds. The van der Waals surface area contributed by atoms with Gasteiger partial charge in [0.2, 0.25) is 5.91 Å². The lowest BCUT2D eigenvalue weighted by Gasteiger charge is -2.21. The van der Waals surface area contributed by atoms with Gasteiger partial charge in [0, 0.05) is 24.3 Å². The zero-order valence-electron chi connectivity index (χ0n) is 18.3. The van der Waals surface area contributed by atoms with Crippen LogP contribution in [0, 0.1) is 5.41 Å². The Morgan fingerprint density at radius 2 is 1.64 bits per heavy atom. The fraction of sp³-hybridized carbons (Fsp3) is 0.400. The Kier molecular flexibility index (Phi) is 6.65. The minimum atomic E-state index is -1.06. The molecule has 0 radical (unpaired) electrons. The van der Waals surface area contributed by atoms with Crippen molar-refractivity contribution in [3.63, 3.8) is 0 Å². The number of aliphatic hydroxyl groups is 1. The quantitative estimate of drug-likeness (QED) is 0.439. The van der Waals surface area contributed by atoms with Crippen LogP contribution in [0.4, 0.5) is 4.79 Å². The molecule has 0 bridgehead atoms. The smallest absolute Gasteiger partial charge is 0.407 e. The van der Waals surface area contributed by atoms with E-state index >= 15 is 0 Å². The Morgan fingerprint density at radius 1 is 1.03 bits per heavy atom. The van der Waals surface area contributed by atoms with Gasteiger partial charge in [-0.1, -0.05) is 48.5 Å². The molecule has 0 saturated heterocycles. The summed E-state index contributed by atoms with van der Waals surface area (Å²) in [6, 6.07) is 14.9. The van der Waals surface area contributed by atoms with Crippen molar-refractivity contribution < 1.29 is 29.3 Å². The topological polar surface area (TPSA) is 125 Å². The number of aliphatic carboxylic acids is 1. The minimum Gasteiger partial charge on any atom is -0.481 e. The summed E-state index contributed by atoms with van der Waals surface area (Å²) in [6.07, 6.45) is 0.544. The zero-order chi connectivity index (χ0) is 23.4. The highest BCUT2D eigenvalue weighted by Gasteiger charge is 2.42. The number of carboxylic acids is 1. The van der Waals surface area contributed by atoms with Gasteiger partial charge in [0.15, 0.2) is 0 Å². The van der Waals surface area contributed by atoms with E-state index < -0.39 is 24.0 Å². The van der Waals surface area contributed by atoms with Gasteiger partial charge in [0.25, 0.3) is 0 Å². The van der Waals surface area contributed by atoms with E-state index in [4.69, 9.17) is 9.84 Å². The average Bonchev–Trinajstić information content (AvgIpc) is 3.54. The molecule has 8 nitrogen and oxygen atoms in total. The van der Waals surface area contributed by atoms with Crippen molar-refractivity contribution in [2.45, 2.75) is 37.6 Å². The third-order valence-electron chi connectivity index (χ3n) is 6.53. The highest BCUT2D eigenvalue weighted by atomic mass is 16.5. The predicted octanol–water partition coefficient (Wildman–Crippen LogP) is 2.65. The van der Waals surface area contributed by atoms with Gasteiger partial charge in [-0.2, -0.15) is 0 Å². The average molecular weight is 453 g/mol. The fourth-order valence-corrected chi connectivity index (χ4v) is 4.28. The second-order valence-electron chi connectivity index (χ2n) is 8.83. The number of nitrogens with one attached hydrogen (secondary N) is 2. The molecule has 1 saturated carbocycles. The van der Waals surface area contributed by atoms with Crippen molar-refractivity contribution in [3.05, 3.63) is 59.7 Å². The summed E-state index contributed by atoms with van der Waals surface area (Å²) >= 11 is 0. The summed E-state index contributed by atoms with van der Waals surface area (Å²) in [5.41, 5.74) is 4.07. The first kappa shape index (κ1) is 22.8. The Hall–Kier alpha value is -3.39. The van der Waals surface area contributed by atoms with Crippen LogP contribution in [0.1, 0.15) is 42.7 Å². The predicted molar refractivity (Wildman–Crippen MR) is 121 cm³/mol. The standard InChI is InChI=1S/C25H28N2O6/c28-15-25(11-12-25)14-26-23(31)21(9-10-22(29)30)27-24(32)33-13-20-18-7-3-1-5-16(18)17-6-2-4-8-19(17)20/h1-8,20-21,28H,9-15H2,(H,26,31)(H,27,32)(H,29,30). The van der Waals surface area contributed by atoms with Crippen LogP contribution in [0.15, 0.2) is 48.5 Å². The Bertz CT molecular complexity index is 1000. The highest BCUT2D eigenvalue weighted by molar-refractivity contribution is 5.86. The number of hydrogen-bond donors (Lipinski definition) is 4. The van der Waals surface area contributed by atoms with E-state index in [1.54, 1.807) is 0 Å². The molecule has 174 valence electrons. The third-order valence-corrected chi connectivity index (χ3v) is 6.53. The van der Waals surface area contributed by atoms with E-state index in [9.17, 15) is 19.5 Å². The van der Waals surface area contributed by atoms with Gasteiger partial charge >= 0.3 is 12.1 Å². The monoisotopic (exact) mass is 452 g/mol. The SMILES string of the molecule is O=C(O)CCC(NC(=O)OCC1c2ccccc2-c2ccccc21)C(=O)NCC1(CO)CC1. The van der Waals surface area contributed by atoms with Gasteiger partial charge < -0.3 is 25.6 Å². The van der Waals surface area contributed by atoms with Gasteiger partial charge in [-0.15, -0.1) is 0 Å². The summed E-state index contributed by atoms with van der Waals surface area (Å²) < 4.78 is 5.49. The number of rotatable bonds is 10. The van der Waals surface area contributed by atoms with Crippen LogP contribution in [0.25, 0.3) is 11.1 Å². The van der Waals surface area contributed by atoms with Crippen molar-refractivity contribution in [2.75, 3.05) is 19.8 Å². The maximum atomic E-state index is 12.6. The Morgan fingerprint density at radius 3 is 2.18 bits per heavy atom. The Balaban J connectivity index is 1.38. The molecule has 0 aromatic heterocycles. The molecule has 2 aromatic carbocycles. The summed E-state index contributed by atoms with van der Waals surface area (Å²) in [4.78, 5) is 36.2. The lowest BCUT2D eigenvalue weighted by atomic mass is 9.98. The Labute approximate surface area is 192 Å². The van der Waals surface area contributed by atoms with Crippen molar-refractivity contribution in [2.24, 2.45) is 5.41 Å². The maximum Gasteiger partial charge on any atom is 0.407 e. The maximum absolute atomic E-state index is 12.6. The first-order chi connectivity index (χ1) is 15.9. The number of amides is 2. The normalized spacial score (nSPS) is 16.3. The number of hydrogen-bond acceptors (Lipinski definition) is 5. The summed E-state index contributed by atoms with van der Waals surface area (Å²) in [7, 11) is 0. The van der Waals surface area contributed by atoms with E-state index in [2.05, 4.69) is 10.6 Å². The molecular formula is C25H28N2O6. The van der Waals surface area contributed by atoms with E-state index in [-0.39, 0.29) is 43.9 Å². The zero-order valence-corrected chi connectivity index (χ0v) is 18.3. The number of fused-ring (bicyclic) bond motifs is 3. The number of alkyl carbamates (subject to hydrolysis) is 1. The second kappa shape index (κ2) is 9.62. The molecule has 1 atom stereocenters. The van der Waals surface area contributed by atoms with Crippen LogP contribution < -0.4 is 10.6 Å². The van der Waals surface area contributed by atoms with E-state index in [0.29, 0.717) is 0 Å². The van der Waals surface area contributed by atoms with Crippen LogP contribution in [0.5, 0.6) is 0 Å². The first-order valence-corrected chi connectivity index (χ1v) is 11.1. The molecule has 2 aliphatic carbocycles. The van der Waals surface area contributed by atoms with Crippen LogP contribution in [0.2, 0.25) is 0 Å². The molecule has 0 spiro atoms. The number of carbonyl (C=O) groups is 3. The second-order valence-corrected chi connectivity index (χ2v) is 8.83. The lowest BCUT2D eigenvalue weighted by Crippen LogP contribution is -2.48. The van der Waals surface area contributed by atoms with Crippen molar-refractivity contribution >= 4 is 18.0 Å². The van der Waals surface area contributed by atoms with E-state index in [0.717, 1.165) is 35.1 Å². The molecule has 0 aliphatic heterocycles. The lowest BCUT2D eigenvalue weighted by molar-refractivity contribution is -0.137. The van der Waals surface area contributed by atoms with Gasteiger partial charge in [0.05, 0.1) is 6.61 Å². The summed E-state index contributed by atoms with van der Waals surface area (Å²) in [5, 5.41) is 23.7. The van der Waals surface area contributed by atoms with Crippen LogP contribution in [-0.2, 0) is 14.3 Å². The largest absolute Gasteiger partial charge is 0.481 e.